The number of amides is 2. The summed E-state index contributed by atoms with van der Waals surface area (Å²) >= 11 is 1.69. The van der Waals surface area contributed by atoms with Crippen LogP contribution in [0.2, 0.25) is 0 Å². The van der Waals surface area contributed by atoms with Crippen LogP contribution in [0.15, 0.2) is 30.3 Å². The average Bonchev–Trinajstić information content (AvgIpc) is 3.03. The minimum absolute atomic E-state index is 0.0117. The van der Waals surface area contributed by atoms with Crippen LogP contribution in [0.5, 0.6) is 0 Å². The van der Waals surface area contributed by atoms with Crippen LogP contribution in [0.1, 0.15) is 25.3 Å². The van der Waals surface area contributed by atoms with Crippen LogP contribution in [-0.4, -0.2) is 58.7 Å². The number of benzene rings is 1. The molecule has 3 rings (SSSR count). The van der Waals surface area contributed by atoms with Gasteiger partial charge in [0.05, 0.1) is 12.0 Å². The molecular formula is C18H24N2O3S. The summed E-state index contributed by atoms with van der Waals surface area (Å²) in [5, 5.41) is 0.122. The summed E-state index contributed by atoms with van der Waals surface area (Å²) in [6.45, 7) is 3.66. The van der Waals surface area contributed by atoms with Crippen molar-refractivity contribution in [2.24, 2.45) is 0 Å². The number of fused-ring (bicyclic) bond motifs is 1. The Bertz CT molecular complexity index is 581. The normalized spacial score (nSPS) is 23.3. The second-order valence-corrected chi connectivity index (χ2v) is 7.32. The van der Waals surface area contributed by atoms with Crippen molar-refractivity contribution in [1.29, 1.82) is 0 Å². The first kappa shape index (κ1) is 17.1. The molecule has 130 valence electrons. The number of carbonyl (C=O) groups is 2. The van der Waals surface area contributed by atoms with Crippen molar-refractivity contribution in [3.8, 4) is 0 Å². The first-order valence-corrected chi connectivity index (χ1v) is 9.65. The lowest BCUT2D eigenvalue weighted by Crippen LogP contribution is -2.56. The van der Waals surface area contributed by atoms with Crippen molar-refractivity contribution in [2.75, 3.05) is 25.4 Å². The summed E-state index contributed by atoms with van der Waals surface area (Å²) in [5.74, 6) is 0.375. The van der Waals surface area contributed by atoms with Gasteiger partial charge in [0.25, 0.3) is 0 Å². The molecule has 2 aliphatic heterocycles. The van der Waals surface area contributed by atoms with Crippen molar-refractivity contribution >= 4 is 23.8 Å². The molecule has 2 amide bonds. The highest BCUT2D eigenvalue weighted by Gasteiger charge is 2.46. The summed E-state index contributed by atoms with van der Waals surface area (Å²) in [5.41, 5.74) is 1.29. The Hall–Kier alpha value is -1.69. The standard InChI is InChI=1S/C18H24N2O3S/c1-2-23-17(21)15-13-24-16-10-12-19(18(22)20(15)16)11-6-9-14-7-4-3-5-8-14/h3-5,7-8,15-16H,2,6,9-13H2,1H3/t15-,16-/m0/s1. The Balaban J connectivity index is 1.56. The number of aryl methyl sites for hydroxylation is 1. The number of nitrogens with zero attached hydrogens (tertiary/aromatic N) is 2. The molecule has 0 radical (unpaired) electrons. The third-order valence-electron chi connectivity index (χ3n) is 4.52. The Morgan fingerprint density at radius 1 is 1.33 bits per heavy atom. The zero-order valence-electron chi connectivity index (χ0n) is 14.0. The van der Waals surface area contributed by atoms with Crippen molar-refractivity contribution < 1.29 is 14.3 Å². The summed E-state index contributed by atoms with van der Waals surface area (Å²) in [6.07, 6.45) is 2.81. The Morgan fingerprint density at radius 2 is 2.12 bits per heavy atom. The van der Waals surface area contributed by atoms with Gasteiger partial charge in [-0.2, -0.15) is 0 Å². The summed E-state index contributed by atoms with van der Waals surface area (Å²) < 4.78 is 5.13. The lowest BCUT2D eigenvalue weighted by molar-refractivity contribution is -0.147. The number of thioether (sulfide) groups is 1. The van der Waals surface area contributed by atoms with Crippen molar-refractivity contribution in [3.63, 3.8) is 0 Å². The second-order valence-electron chi connectivity index (χ2n) is 6.11. The number of esters is 1. The topological polar surface area (TPSA) is 49.9 Å². The number of ether oxygens (including phenoxy) is 1. The number of carbonyl (C=O) groups excluding carboxylic acids is 2. The summed E-state index contributed by atoms with van der Waals surface area (Å²) in [6, 6.07) is 9.88. The Kier molecular flexibility index (Phi) is 5.66. The van der Waals surface area contributed by atoms with E-state index in [-0.39, 0.29) is 17.4 Å². The number of urea groups is 1. The van der Waals surface area contributed by atoms with E-state index in [9.17, 15) is 9.59 Å². The van der Waals surface area contributed by atoms with E-state index >= 15 is 0 Å². The fraction of sp³-hybridized carbons (Fsp3) is 0.556. The summed E-state index contributed by atoms with van der Waals surface area (Å²) in [7, 11) is 0. The van der Waals surface area contributed by atoms with E-state index in [1.165, 1.54) is 5.56 Å². The van der Waals surface area contributed by atoms with Crippen LogP contribution in [-0.2, 0) is 16.0 Å². The summed E-state index contributed by atoms with van der Waals surface area (Å²) in [4.78, 5) is 28.5. The molecule has 0 aliphatic carbocycles. The van der Waals surface area contributed by atoms with Crippen LogP contribution in [0.25, 0.3) is 0 Å². The molecule has 2 aliphatic rings. The molecule has 6 heteroatoms. The van der Waals surface area contributed by atoms with Gasteiger partial charge in [-0.25, -0.2) is 9.59 Å². The predicted octanol–water partition coefficient (Wildman–Crippen LogP) is 2.75. The maximum atomic E-state index is 12.8. The molecule has 0 bridgehead atoms. The molecular weight excluding hydrogens is 324 g/mol. The van der Waals surface area contributed by atoms with Gasteiger partial charge in [0, 0.05) is 18.8 Å². The van der Waals surface area contributed by atoms with Gasteiger partial charge in [0.1, 0.15) is 6.04 Å². The van der Waals surface area contributed by atoms with Gasteiger partial charge in [0.15, 0.2) is 0 Å². The minimum Gasteiger partial charge on any atom is -0.464 e. The first-order chi connectivity index (χ1) is 11.7. The molecule has 2 fully saturated rings. The van der Waals surface area contributed by atoms with E-state index < -0.39 is 6.04 Å². The number of hydrogen-bond donors (Lipinski definition) is 0. The highest BCUT2D eigenvalue weighted by molar-refractivity contribution is 8.00. The molecule has 0 unspecified atom stereocenters. The third kappa shape index (κ3) is 3.69. The molecule has 0 saturated carbocycles. The van der Waals surface area contributed by atoms with Gasteiger partial charge in [-0.05, 0) is 31.7 Å². The molecule has 5 nitrogen and oxygen atoms in total. The van der Waals surface area contributed by atoms with E-state index in [0.717, 1.165) is 32.4 Å². The fourth-order valence-corrected chi connectivity index (χ4v) is 4.68. The minimum atomic E-state index is -0.427. The van der Waals surface area contributed by atoms with Crippen molar-refractivity contribution in [1.82, 2.24) is 9.80 Å². The van der Waals surface area contributed by atoms with Crippen LogP contribution in [0.4, 0.5) is 4.79 Å². The molecule has 24 heavy (non-hydrogen) atoms. The van der Waals surface area contributed by atoms with Crippen molar-refractivity contribution in [3.05, 3.63) is 35.9 Å². The van der Waals surface area contributed by atoms with E-state index in [1.54, 1.807) is 23.6 Å². The van der Waals surface area contributed by atoms with Gasteiger partial charge >= 0.3 is 12.0 Å². The van der Waals surface area contributed by atoms with E-state index in [0.29, 0.717) is 12.4 Å². The van der Waals surface area contributed by atoms with Gasteiger partial charge in [-0.15, -0.1) is 11.8 Å². The quantitative estimate of drug-likeness (QED) is 0.742. The monoisotopic (exact) mass is 348 g/mol. The van der Waals surface area contributed by atoms with Gasteiger partial charge in [-0.3, -0.25) is 4.90 Å². The first-order valence-electron chi connectivity index (χ1n) is 8.60. The lowest BCUT2D eigenvalue weighted by Gasteiger charge is -2.39. The van der Waals surface area contributed by atoms with Crippen LogP contribution in [0.3, 0.4) is 0 Å². The van der Waals surface area contributed by atoms with E-state index in [2.05, 4.69) is 12.1 Å². The lowest BCUT2D eigenvalue weighted by atomic mass is 10.1. The van der Waals surface area contributed by atoms with Gasteiger partial charge in [-0.1, -0.05) is 30.3 Å². The smallest absolute Gasteiger partial charge is 0.329 e. The fourth-order valence-electron chi connectivity index (χ4n) is 3.31. The van der Waals surface area contributed by atoms with E-state index in [1.807, 2.05) is 23.1 Å². The van der Waals surface area contributed by atoms with Crippen LogP contribution >= 0.6 is 11.8 Å². The van der Waals surface area contributed by atoms with Gasteiger partial charge in [0.2, 0.25) is 0 Å². The second kappa shape index (κ2) is 7.92. The largest absolute Gasteiger partial charge is 0.464 e. The van der Waals surface area contributed by atoms with Crippen LogP contribution < -0.4 is 0 Å². The Morgan fingerprint density at radius 3 is 2.88 bits per heavy atom. The SMILES string of the molecule is CCOC(=O)[C@@H]1CS[C@H]2CCN(CCCc3ccccc3)C(=O)N21. The van der Waals surface area contributed by atoms with Gasteiger partial charge < -0.3 is 9.64 Å². The van der Waals surface area contributed by atoms with Crippen LogP contribution in [0, 0.1) is 0 Å². The molecule has 2 saturated heterocycles. The average molecular weight is 348 g/mol. The highest BCUT2D eigenvalue weighted by atomic mass is 32.2. The maximum absolute atomic E-state index is 12.8. The van der Waals surface area contributed by atoms with Crippen molar-refractivity contribution in [2.45, 2.75) is 37.6 Å². The zero-order valence-corrected chi connectivity index (χ0v) is 14.8. The maximum Gasteiger partial charge on any atom is 0.329 e. The molecule has 0 spiro atoms. The molecule has 1 aromatic carbocycles. The highest BCUT2D eigenvalue weighted by Crippen LogP contribution is 2.35. The number of rotatable bonds is 6. The molecule has 0 aromatic heterocycles. The molecule has 2 atom stereocenters. The number of hydrogen-bond acceptors (Lipinski definition) is 4. The molecule has 1 aromatic rings. The predicted molar refractivity (Wildman–Crippen MR) is 94.9 cm³/mol. The molecule has 2 heterocycles. The zero-order chi connectivity index (χ0) is 16.9. The molecule has 0 N–H and O–H groups in total. The third-order valence-corrected chi connectivity index (χ3v) is 5.88. The van der Waals surface area contributed by atoms with E-state index in [4.69, 9.17) is 4.74 Å². The Labute approximate surface area is 147 Å².